The third-order valence-electron chi connectivity index (χ3n) is 3.02. The van der Waals surface area contributed by atoms with E-state index >= 15 is 0 Å². The molecule has 92 valence electrons. The van der Waals surface area contributed by atoms with Gasteiger partial charge in [0.15, 0.2) is 0 Å². The van der Waals surface area contributed by atoms with Crippen LogP contribution in [0.4, 0.5) is 5.69 Å². The molecule has 1 aromatic rings. The smallest absolute Gasteiger partial charge is 0.251 e. The van der Waals surface area contributed by atoms with E-state index < -0.39 is 0 Å². The van der Waals surface area contributed by atoms with Crippen molar-refractivity contribution in [2.24, 2.45) is 0 Å². The summed E-state index contributed by atoms with van der Waals surface area (Å²) in [6.07, 6.45) is 1.01. The normalized spacial score (nSPS) is 19.1. The van der Waals surface area contributed by atoms with E-state index in [4.69, 9.17) is 0 Å². The highest BCUT2D eigenvalue weighted by molar-refractivity contribution is 5.95. The monoisotopic (exact) mass is 233 g/mol. The Morgan fingerprint density at radius 2 is 2.29 bits per heavy atom. The van der Waals surface area contributed by atoms with Crippen LogP contribution in [0.5, 0.6) is 0 Å². The molecule has 0 unspecified atom stereocenters. The van der Waals surface area contributed by atoms with Crippen LogP contribution < -0.4 is 15.5 Å². The summed E-state index contributed by atoms with van der Waals surface area (Å²) in [5.41, 5.74) is 1.77. The Labute approximate surface area is 102 Å². The van der Waals surface area contributed by atoms with Crippen LogP contribution in [0.3, 0.4) is 0 Å². The highest BCUT2D eigenvalue weighted by Crippen LogP contribution is 2.13. The largest absolute Gasteiger partial charge is 0.378 e. The molecule has 0 spiro atoms. The maximum Gasteiger partial charge on any atom is 0.251 e. The maximum atomic E-state index is 12.0. The molecule has 0 saturated carbocycles. The zero-order valence-corrected chi connectivity index (χ0v) is 10.4. The number of nitrogens with zero attached hydrogens (tertiary/aromatic N) is 1. The fourth-order valence-electron chi connectivity index (χ4n) is 1.97. The van der Waals surface area contributed by atoms with E-state index in [9.17, 15) is 4.79 Å². The van der Waals surface area contributed by atoms with Crippen molar-refractivity contribution in [2.75, 3.05) is 32.1 Å². The highest BCUT2D eigenvalue weighted by Gasteiger charge is 2.17. The van der Waals surface area contributed by atoms with E-state index in [0.717, 1.165) is 30.8 Å². The van der Waals surface area contributed by atoms with Crippen LogP contribution in [0.1, 0.15) is 16.8 Å². The van der Waals surface area contributed by atoms with E-state index in [1.807, 2.05) is 43.3 Å². The van der Waals surface area contributed by atoms with Gasteiger partial charge in [0.25, 0.3) is 5.91 Å². The first kappa shape index (κ1) is 11.9. The topological polar surface area (TPSA) is 44.4 Å². The van der Waals surface area contributed by atoms with Gasteiger partial charge in [-0.15, -0.1) is 0 Å². The molecule has 1 aliphatic rings. The molecule has 2 rings (SSSR count). The molecule has 1 heterocycles. The van der Waals surface area contributed by atoms with Crippen LogP contribution in [0.25, 0.3) is 0 Å². The Morgan fingerprint density at radius 1 is 1.47 bits per heavy atom. The third-order valence-corrected chi connectivity index (χ3v) is 3.02. The van der Waals surface area contributed by atoms with Crippen LogP contribution in [0.15, 0.2) is 24.3 Å². The first-order chi connectivity index (χ1) is 8.16. The first-order valence-electron chi connectivity index (χ1n) is 5.96. The number of hydrogen-bond donors (Lipinski definition) is 2. The summed E-state index contributed by atoms with van der Waals surface area (Å²) < 4.78 is 0. The number of hydrogen-bond acceptors (Lipinski definition) is 3. The van der Waals surface area contributed by atoms with Crippen molar-refractivity contribution in [3.05, 3.63) is 29.8 Å². The van der Waals surface area contributed by atoms with Gasteiger partial charge in [-0.2, -0.15) is 0 Å². The summed E-state index contributed by atoms with van der Waals surface area (Å²) >= 11 is 0. The van der Waals surface area contributed by atoms with Crippen molar-refractivity contribution < 1.29 is 4.79 Å². The van der Waals surface area contributed by atoms with Gasteiger partial charge >= 0.3 is 0 Å². The van der Waals surface area contributed by atoms with Crippen molar-refractivity contribution in [3.63, 3.8) is 0 Å². The lowest BCUT2D eigenvalue weighted by molar-refractivity contribution is 0.0940. The number of carbonyl (C=O) groups is 1. The van der Waals surface area contributed by atoms with Gasteiger partial charge in [-0.25, -0.2) is 0 Å². The number of nitrogens with one attached hydrogen (secondary N) is 2. The Morgan fingerprint density at radius 3 is 2.94 bits per heavy atom. The standard InChI is InChI=1S/C13H19N3O/c1-16(2)12-5-3-4-10(8-12)13(17)15-11-6-7-14-9-11/h3-5,8,11,14H,6-7,9H2,1-2H3,(H,15,17)/t11-/m1/s1. The first-order valence-corrected chi connectivity index (χ1v) is 5.96. The molecule has 1 atom stereocenters. The quantitative estimate of drug-likeness (QED) is 0.813. The molecular formula is C13H19N3O. The molecule has 0 aromatic heterocycles. The highest BCUT2D eigenvalue weighted by atomic mass is 16.1. The van der Waals surface area contributed by atoms with Crippen LogP contribution in [0, 0.1) is 0 Å². The number of amides is 1. The van der Waals surface area contributed by atoms with E-state index in [-0.39, 0.29) is 11.9 Å². The van der Waals surface area contributed by atoms with Crippen molar-refractivity contribution in [3.8, 4) is 0 Å². The van der Waals surface area contributed by atoms with Gasteiger partial charge < -0.3 is 15.5 Å². The summed E-state index contributed by atoms with van der Waals surface area (Å²) in [4.78, 5) is 14.0. The summed E-state index contributed by atoms with van der Waals surface area (Å²) in [5.74, 6) is 0.0161. The third kappa shape index (κ3) is 2.97. The molecule has 1 aliphatic heterocycles. The minimum Gasteiger partial charge on any atom is -0.378 e. The Balaban J connectivity index is 2.05. The fraction of sp³-hybridized carbons (Fsp3) is 0.462. The van der Waals surface area contributed by atoms with Crippen molar-refractivity contribution in [1.29, 1.82) is 0 Å². The van der Waals surface area contributed by atoms with Gasteiger partial charge in [0.1, 0.15) is 0 Å². The Kier molecular flexibility index (Phi) is 3.64. The molecule has 0 aliphatic carbocycles. The second-order valence-corrected chi connectivity index (χ2v) is 4.61. The zero-order valence-electron chi connectivity index (χ0n) is 10.4. The molecule has 2 N–H and O–H groups in total. The van der Waals surface area contributed by atoms with Crippen molar-refractivity contribution in [1.82, 2.24) is 10.6 Å². The molecule has 4 nitrogen and oxygen atoms in total. The summed E-state index contributed by atoms with van der Waals surface area (Å²) in [6.45, 7) is 1.86. The van der Waals surface area contributed by atoms with Crippen LogP contribution in [-0.4, -0.2) is 39.1 Å². The molecule has 1 amide bonds. The van der Waals surface area contributed by atoms with Gasteiger partial charge in [-0.1, -0.05) is 6.07 Å². The molecule has 1 fully saturated rings. The molecule has 0 radical (unpaired) electrons. The maximum absolute atomic E-state index is 12.0. The lowest BCUT2D eigenvalue weighted by atomic mass is 10.1. The molecule has 1 saturated heterocycles. The van der Waals surface area contributed by atoms with Gasteiger partial charge in [0, 0.05) is 37.9 Å². The average molecular weight is 233 g/mol. The van der Waals surface area contributed by atoms with Gasteiger partial charge in [0.2, 0.25) is 0 Å². The van der Waals surface area contributed by atoms with Crippen molar-refractivity contribution in [2.45, 2.75) is 12.5 Å². The Hall–Kier alpha value is -1.55. The summed E-state index contributed by atoms with van der Waals surface area (Å²) in [5, 5.41) is 6.28. The fourth-order valence-corrected chi connectivity index (χ4v) is 1.97. The lowest BCUT2D eigenvalue weighted by Gasteiger charge is -2.15. The number of rotatable bonds is 3. The summed E-state index contributed by atoms with van der Waals surface area (Å²) in [6, 6.07) is 7.94. The molecule has 4 heteroatoms. The molecule has 0 bridgehead atoms. The second-order valence-electron chi connectivity index (χ2n) is 4.61. The zero-order chi connectivity index (χ0) is 12.3. The van der Waals surface area contributed by atoms with Crippen LogP contribution >= 0.6 is 0 Å². The predicted molar refractivity (Wildman–Crippen MR) is 69.5 cm³/mol. The van der Waals surface area contributed by atoms with E-state index in [2.05, 4.69) is 10.6 Å². The predicted octanol–water partition coefficient (Wildman–Crippen LogP) is 0.844. The van der Waals surface area contributed by atoms with E-state index in [1.54, 1.807) is 0 Å². The number of anilines is 1. The lowest BCUT2D eigenvalue weighted by Crippen LogP contribution is -2.36. The molecular weight excluding hydrogens is 214 g/mol. The van der Waals surface area contributed by atoms with Crippen LogP contribution in [-0.2, 0) is 0 Å². The van der Waals surface area contributed by atoms with E-state index in [0.29, 0.717) is 0 Å². The SMILES string of the molecule is CN(C)c1cccc(C(=O)N[C@@H]2CCNC2)c1. The second kappa shape index (κ2) is 5.19. The van der Waals surface area contributed by atoms with E-state index in [1.165, 1.54) is 0 Å². The van der Waals surface area contributed by atoms with Gasteiger partial charge in [-0.05, 0) is 31.2 Å². The van der Waals surface area contributed by atoms with Crippen LogP contribution in [0.2, 0.25) is 0 Å². The summed E-state index contributed by atoms with van der Waals surface area (Å²) in [7, 11) is 3.94. The number of carbonyl (C=O) groups excluding carboxylic acids is 1. The Bertz CT molecular complexity index is 397. The molecule has 1 aromatic carbocycles. The van der Waals surface area contributed by atoms with Gasteiger partial charge in [0.05, 0.1) is 0 Å². The van der Waals surface area contributed by atoms with Crippen molar-refractivity contribution >= 4 is 11.6 Å². The minimum absolute atomic E-state index is 0.0161. The minimum atomic E-state index is 0.0161. The number of benzene rings is 1. The average Bonchev–Trinajstić information content (AvgIpc) is 2.82. The van der Waals surface area contributed by atoms with Gasteiger partial charge in [-0.3, -0.25) is 4.79 Å². The molecule has 17 heavy (non-hydrogen) atoms.